The summed E-state index contributed by atoms with van der Waals surface area (Å²) in [6.07, 6.45) is 0. The van der Waals surface area contributed by atoms with E-state index in [4.69, 9.17) is 5.11 Å². The SMILES string of the molecule is O=C(O)c1ccc(CSc2nncs2)cc1F. The second-order valence-corrected chi connectivity index (χ2v) is 5.17. The molecule has 0 aliphatic carbocycles. The van der Waals surface area contributed by atoms with Gasteiger partial charge in [-0.3, -0.25) is 0 Å². The largest absolute Gasteiger partial charge is 0.478 e. The van der Waals surface area contributed by atoms with Crippen molar-refractivity contribution in [1.82, 2.24) is 10.2 Å². The molecular formula is C10H7FN2O2S2. The number of halogens is 1. The molecule has 0 aliphatic heterocycles. The molecule has 0 saturated heterocycles. The number of rotatable bonds is 4. The quantitative estimate of drug-likeness (QED) is 0.865. The molecule has 4 nitrogen and oxygen atoms in total. The fourth-order valence-corrected chi connectivity index (χ4v) is 2.62. The van der Waals surface area contributed by atoms with Crippen LogP contribution in [0.1, 0.15) is 15.9 Å². The van der Waals surface area contributed by atoms with Crippen molar-refractivity contribution in [2.24, 2.45) is 0 Å². The molecule has 7 heteroatoms. The molecule has 0 aliphatic rings. The van der Waals surface area contributed by atoms with E-state index in [0.717, 1.165) is 4.34 Å². The van der Waals surface area contributed by atoms with Crippen LogP contribution in [-0.2, 0) is 5.75 Å². The van der Waals surface area contributed by atoms with Crippen molar-refractivity contribution in [1.29, 1.82) is 0 Å². The van der Waals surface area contributed by atoms with E-state index in [1.807, 2.05) is 0 Å². The van der Waals surface area contributed by atoms with Gasteiger partial charge in [-0.25, -0.2) is 9.18 Å². The minimum atomic E-state index is -1.26. The van der Waals surface area contributed by atoms with E-state index in [-0.39, 0.29) is 5.56 Å². The minimum Gasteiger partial charge on any atom is -0.478 e. The van der Waals surface area contributed by atoms with E-state index in [1.54, 1.807) is 11.6 Å². The van der Waals surface area contributed by atoms with Crippen molar-refractivity contribution in [3.05, 3.63) is 40.7 Å². The van der Waals surface area contributed by atoms with Crippen LogP contribution in [0, 0.1) is 5.82 Å². The molecular weight excluding hydrogens is 263 g/mol. The minimum absolute atomic E-state index is 0.310. The fourth-order valence-electron chi connectivity index (χ4n) is 1.19. The number of benzene rings is 1. The maximum Gasteiger partial charge on any atom is 0.338 e. The molecule has 1 aromatic heterocycles. The first-order valence-corrected chi connectivity index (χ1v) is 6.44. The highest BCUT2D eigenvalue weighted by molar-refractivity contribution is 8.00. The normalized spacial score (nSPS) is 10.4. The molecule has 0 bridgehead atoms. The Hall–Kier alpha value is -1.47. The molecule has 17 heavy (non-hydrogen) atoms. The van der Waals surface area contributed by atoms with Crippen LogP contribution < -0.4 is 0 Å². The standard InChI is InChI=1S/C10H7FN2O2S2/c11-8-3-6(1-2-7(8)9(14)15)4-16-10-13-12-5-17-10/h1-3,5H,4H2,(H,14,15). The summed E-state index contributed by atoms with van der Waals surface area (Å²) in [6, 6.07) is 4.10. The Bertz CT molecular complexity index is 531. The number of carbonyl (C=O) groups is 1. The Labute approximate surface area is 105 Å². The molecule has 88 valence electrons. The van der Waals surface area contributed by atoms with Gasteiger partial charge in [-0.05, 0) is 17.7 Å². The topological polar surface area (TPSA) is 63.1 Å². The number of hydrogen-bond donors (Lipinski definition) is 1. The zero-order chi connectivity index (χ0) is 12.3. The van der Waals surface area contributed by atoms with Gasteiger partial charge in [-0.15, -0.1) is 10.2 Å². The Morgan fingerprint density at radius 3 is 2.94 bits per heavy atom. The van der Waals surface area contributed by atoms with E-state index in [2.05, 4.69) is 10.2 Å². The summed E-state index contributed by atoms with van der Waals surface area (Å²) in [7, 11) is 0. The van der Waals surface area contributed by atoms with Crippen molar-refractivity contribution < 1.29 is 14.3 Å². The fraction of sp³-hybridized carbons (Fsp3) is 0.100. The molecule has 0 spiro atoms. The predicted molar refractivity (Wildman–Crippen MR) is 62.8 cm³/mol. The second kappa shape index (κ2) is 5.24. The van der Waals surface area contributed by atoms with Gasteiger partial charge in [0.1, 0.15) is 11.3 Å². The van der Waals surface area contributed by atoms with Crippen LogP contribution in [0.4, 0.5) is 4.39 Å². The van der Waals surface area contributed by atoms with Gasteiger partial charge < -0.3 is 5.11 Å². The lowest BCUT2D eigenvalue weighted by molar-refractivity contribution is 0.0692. The van der Waals surface area contributed by atoms with Crippen LogP contribution in [0.25, 0.3) is 0 Å². The number of aromatic carboxylic acids is 1. The van der Waals surface area contributed by atoms with Crippen molar-refractivity contribution in [3.63, 3.8) is 0 Å². The average Bonchev–Trinajstić information content (AvgIpc) is 2.78. The lowest BCUT2D eigenvalue weighted by Gasteiger charge is -2.01. The molecule has 0 fully saturated rings. The summed E-state index contributed by atoms with van der Waals surface area (Å²) in [5, 5.41) is 16.2. The molecule has 0 amide bonds. The third-order valence-electron chi connectivity index (χ3n) is 1.97. The van der Waals surface area contributed by atoms with Crippen molar-refractivity contribution in [3.8, 4) is 0 Å². The average molecular weight is 270 g/mol. The molecule has 2 aromatic rings. The zero-order valence-corrected chi connectivity index (χ0v) is 10.1. The lowest BCUT2D eigenvalue weighted by atomic mass is 10.1. The third kappa shape index (κ3) is 3.01. The summed E-state index contributed by atoms with van der Waals surface area (Å²) in [6.45, 7) is 0. The Morgan fingerprint density at radius 1 is 1.53 bits per heavy atom. The Morgan fingerprint density at radius 2 is 2.35 bits per heavy atom. The van der Waals surface area contributed by atoms with Crippen LogP contribution in [0.3, 0.4) is 0 Å². The van der Waals surface area contributed by atoms with Crippen molar-refractivity contribution in [2.45, 2.75) is 10.1 Å². The maximum absolute atomic E-state index is 13.4. The number of nitrogens with zero attached hydrogens (tertiary/aromatic N) is 2. The first-order chi connectivity index (χ1) is 8.16. The second-order valence-electron chi connectivity index (χ2n) is 3.11. The molecule has 2 rings (SSSR count). The van der Waals surface area contributed by atoms with Crippen LogP contribution in [0.5, 0.6) is 0 Å². The van der Waals surface area contributed by atoms with Gasteiger partial charge in [0.15, 0.2) is 4.34 Å². The number of thioether (sulfide) groups is 1. The number of carboxylic acids is 1. The monoisotopic (exact) mass is 270 g/mol. The number of hydrogen-bond acceptors (Lipinski definition) is 5. The van der Waals surface area contributed by atoms with Crippen molar-refractivity contribution in [2.75, 3.05) is 0 Å². The Kier molecular flexibility index (Phi) is 3.70. The summed E-state index contributed by atoms with van der Waals surface area (Å²) in [5.41, 5.74) is 2.03. The van der Waals surface area contributed by atoms with Crippen LogP contribution >= 0.6 is 23.1 Å². The van der Waals surface area contributed by atoms with E-state index >= 15 is 0 Å². The van der Waals surface area contributed by atoms with Gasteiger partial charge in [0, 0.05) is 5.75 Å². The van der Waals surface area contributed by atoms with Crippen LogP contribution in [0.2, 0.25) is 0 Å². The van der Waals surface area contributed by atoms with Gasteiger partial charge in [-0.2, -0.15) is 0 Å². The number of carboxylic acid groups (broad SMARTS) is 1. The van der Waals surface area contributed by atoms with Crippen molar-refractivity contribution >= 4 is 29.1 Å². The lowest BCUT2D eigenvalue weighted by Crippen LogP contribution is -2.00. The molecule has 1 heterocycles. The zero-order valence-electron chi connectivity index (χ0n) is 8.46. The summed E-state index contributed by atoms with van der Waals surface area (Å²) in [4.78, 5) is 10.6. The van der Waals surface area contributed by atoms with Gasteiger partial charge in [-0.1, -0.05) is 29.2 Å². The van der Waals surface area contributed by atoms with E-state index < -0.39 is 11.8 Å². The molecule has 0 atom stereocenters. The summed E-state index contributed by atoms with van der Waals surface area (Å²) >= 11 is 2.84. The molecule has 1 N–H and O–H groups in total. The number of aromatic nitrogens is 2. The summed E-state index contributed by atoms with van der Waals surface area (Å²) < 4.78 is 14.2. The van der Waals surface area contributed by atoms with E-state index in [1.165, 1.54) is 35.2 Å². The molecule has 1 aromatic carbocycles. The van der Waals surface area contributed by atoms with Crippen LogP contribution in [-0.4, -0.2) is 21.3 Å². The summed E-state index contributed by atoms with van der Waals surface area (Å²) in [5.74, 6) is -1.44. The van der Waals surface area contributed by atoms with Gasteiger partial charge in [0.25, 0.3) is 0 Å². The smallest absolute Gasteiger partial charge is 0.338 e. The van der Waals surface area contributed by atoms with Gasteiger partial charge in [0.05, 0.1) is 5.56 Å². The molecule has 0 saturated carbocycles. The highest BCUT2D eigenvalue weighted by Crippen LogP contribution is 2.24. The Balaban J connectivity index is 2.07. The molecule has 0 radical (unpaired) electrons. The van der Waals surface area contributed by atoms with Gasteiger partial charge >= 0.3 is 5.97 Å². The maximum atomic E-state index is 13.4. The van der Waals surface area contributed by atoms with E-state index in [0.29, 0.717) is 11.3 Å². The highest BCUT2D eigenvalue weighted by Gasteiger charge is 2.10. The first-order valence-electron chi connectivity index (χ1n) is 4.57. The predicted octanol–water partition coefficient (Wildman–Crippen LogP) is 2.67. The van der Waals surface area contributed by atoms with Crippen LogP contribution in [0.15, 0.2) is 28.0 Å². The van der Waals surface area contributed by atoms with E-state index in [9.17, 15) is 9.18 Å². The molecule has 0 unspecified atom stereocenters. The first kappa shape index (κ1) is 12.0. The highest BCUT2D eigenvalue weighted by atomic mass is 32.2. The van der Waals surface area contributed by atoms with Gasteiger partial charge in [0.2, 0.25) is 0 Å². The third-order valence-corrected chi connectivity index (χ3v) is 3.90.